The number of nitrogens with zero attached hydrogens (tertiary/aromatic N) is 2. The van der Waals surface area contributed by atoms with Crippen LogP contribution in [0.15, 0.2) is 64.2 Å². The molecule has 1 amide bonds. The van der Waals surface area contributed by atoms with Crippen LogP contribution in [0.5, 0.6) is 0 Å². The first-order chi connectivity index (χ1) is 14.5. The molecule has 1 N–H and O–H groups in total. The van der Waals surface area contributed by atoms with Gasteiger partial charge in [-0.2, -0.15) is 5.10 Å². The summed E-state index contributed by atoms with van der Waals surface area (Å²) < 4.78 is 12.3. The van der Waals surface area contributed by atoms with Crippen molar-refractivity contribution in [2.45, 2.75) is 13.5 Å². The standard InChI is InChI=1S/C22H18ClN3O4/c1-2-29-21(27)13-26-12-15(17-5-3-4-6-18(17)26)11-24-25-22(28)20-10-14-9-16(23)7-8-19(14)30-20/h3-12H,2,13H2,1H3,(H,25,28). The van der Waals surface area contributed by atoms with Gasteiger partial charge in [0.05, 0.1) is 12.8 Å². The summed E-state index contributed by atoms with van der Waals surface area (Å²) in [6.07, 6.45) is 3.32. The van der Waals surface area contributed by atoms with E-state index >= 15 is 0 Å². The highest BCUT2D eigenvalue weighted by Gasteiger charge is 2.13. The second kappa shape index (κ2) is 8.42. The van der Waals surface area contributed by atoms with Gasteiger partial charge in [0.1, 0.15) is 12.1 Å². The molecule has 2 aromatic heterocycles. The first kappa shape index (κ1) is 19.7. The predicted octanol–water partition coefficient (Wildman–Crippen LogP) is 4.37. The van der Waals surface area contributed by atoms with E-state index in [1.54, 1.807) is 42.0 Å². The summed E-state index contributed by atoms with van der Waals surface area (Å²) in [5.41, 5.74) is 4.65. The Bertz CT molecular complexity index is 1270. The number of hydrogen-bond donors (Lipinski definition) is 1. The summed E-state index contributed by atoms with van der Waals surface area (Å²) in [6, 6.07) is 14.3. The van der Waals surface area contributed by atoms with Gasteiger partial charge in [-0.3, -0.25) is 9.59 Å². The van der Waals surface area contributed by atoms with Gasteiger partial charge in [0.15, 0.2) is 5.76 Å². The number of amides is 1. The number of fused-ring (bicyclic) bond motifs is 2. The average molecular weight is 424 g/mol. The van der Waals surface area contributed by atoms with Gasteiger partial charge in [-0.15, -0.1) is 0 Å². The highest BCUT2D eigenvalue weighted by molar-refractivity contribution is 6.31. The van der Waals surface area contributed by atoms with Gasteiger partial charge in [0.2, 0.25) is 0 Å². The van der Waals surface area contributed by atoms with Gasteiger partial charge >= 0.3 is 11.9 Å². The lowest BCUT2D eigenvalue weighted by Gasteiger charge is -2.04. The molecule has 2 heterocycles. The molecule has 0 aliphatic heterocycles. The Morgan fingerprint density at radius 2 is 2.07 bits per heavy atom. The van der Waals surface area contributed by atoms with E-state index in [4.69, 9.17) is 20.8 Å². The van der Waals surface area contributed by atoms with E-state index in [0.29, 0.717) is 17.2 Å². The van der Waals surface area contributed by atoms with Crippen LogP contribution < -0.4 is 5.43 Å². The summed E-state index contributed by atoms with van der Waals surface area (Å²) in [7, 11) is 0. The Morgan fingerprint density at radius 3 is 2.90 bits per heavy atom. The minimum atomic E-state index is -0.478. The van der Waals surface area contributed by atoms with Crippen molar-refractivity contribution in [1.29, 1.82) is 0 Å². The molecule has 30 heavy (non-hydrogen) atoms. The number of hydrogen-bond acceptors (Lipinski definition) is 5. The summed E-state index contributed by atoms with van der Waals surface area (Å²) in [5.74, 6) is -0.664. The highest BCUT2D eigenvalue weighted by Crippen LogP contribution is 2.23. The van der Waals surface area contributed by atoms with E-state index in [1.165, 1.54) is 6.21 Å². The summed E-state index contributed by atoms with van der Waals surface area (Å²) >= 11 is 5.96. The lowest BCUT2D eigenvalue weighted by Crippen LogP contribution is -2.16. The minimum absolute atomic E-state index is 0.0933. The normalized spacial score (nSPS) is 11.4. The fraction of sp³-hybridized carbons (Fsp3) is 0.136. The number of para-hydroxylation sites is 1. The van der Waals surface area contributed by atoms with Crippen LogP contribution in [-0.2, 0) is 16.1 Å². The number of esters is 1. The van der Waals surface area contributed by atoms with Crippen molar-refractivity contribution in [3.8, 4) is 0 Å². The third-order valence-corrected chi connectivity index (χ3v) is 4.73. The molecule has 0 aliphatic rings. The van der Waals surface area contributed by atoms with E-state index in [0.717, 1.165) is 21.9 Å². The quantitative estimate of drug-likeness (QED) is 0.283. The molecule has 0 radical (unpaired) electrons. The number of furan rings is 1. The Balaban J connectivity index is 1.53. The first-order valence-corrected chi connectivity index (χ1v) is 9.69. The maximum atomic E-state index is 12.4. The van der Waals surface area contributed by atoms with Crippen LogP contribution in [0.25, 0.3) is 21.9 Å². The summed E-state index contributed by atoms with van der Waals surface area (Å²) in [5, 5.41) is 6.24. The van der Waals surface area contributed by atoms with Gasteiger partial charge in [-0.1, -0.05) is 29.8 Å². The molecule has 4 rings (SSSR count). The van der Waals surface area contributed by atoms with Crippen molar-refractivity contribution in [2.24, 2.45) is 5.10 Å². The van der Waals surface area contributed by atoms with Crippen LogP contribution in [0.1, 0.15) is 23.0 Å². The molecule has 0 bridgehead atoms. The lowest BCUT2D eigenvalue weighted by molar-refractivity contribution is -0.143. The maximum Gasteiger partial charge on any atom is 0.325 e. The minimum Gasteiger partial charge on any atom is -0.465 e. The van der Waals surface area contributed by atoms with Gasteiger partial charge in [0, 0.05) is 33.1 Å². The van der Waals surface area contributed by atoms with Gasteiger partial charge in [-0.25, -0.2) is 5.43 Å². The summed E-state index contributed by atoms with van der Waals surface area (Å²) in [4.78, 5) is 24.2. The third-order valence-electron chi connectivity index (χ3n) is 4.50. The Morgan fingerprint density at radius 1 is 1.23 bits per heavy atom. The molecular weight excluding hydrogens is 406 g/mol. The summed E-state index contributed by atoms with van der Waals surface area (Å²) in [6.45, 7) is 2.19. The molecule has 7 nitrogen and oxygen atoms in total. The van der Waals surface area contributed by atoms with Crippen molar-refractivity contribution >= 4 is 51.6 Å². The fourth-order valence-electron chi connectivity index (χ4n) is 3.20. The fourth-order valence-corrected chi connectivity index (χ4v) is 3.38. The molecule has 8 heteroatoms. The molecule has 0 spiro atoms. The number of carbonyl (C=O) groups excluding carboxylic acids is 2. The van der Waals surface area contributed by atoms with Gasteiger partial charge < -0.3 is 13.7 Å². The number of carbonyl (C=O) groups is 2. The van der Waals surface area contributed by atoms with Crippen LogP contribution in [0.4, 0.5) is 0 Å². The number of rotatable bonds is 6. The Labute approximate surface area is 176 Å². The molecule has 0 unspecified atom stereocenters. The zero-order valence-corrected chi connectivity index (χ0v) is 16.8. The van der Waals surface area contributed by atoms with Crippen molar-refractivity contribution in [2.75, 3.05) is 6.61 Å². The zero-order valence-electron chi connectivity index (χ0n) is 16.1. The monoisotopic (exact) mass is 423 g/mol. The van der Waals surface area contributed by atoms with Crippen LogP contribution >= 0.6 is 11.6 Å². The average Bonchev–Trinajstić information content (AvgIpc) is 3.30. The van der Waals surface area contributed by atoms with Crippen molar-refractivity contribution in [3.63, 3.8) is 0 Å². The Hall–Kier alpha value is -3.58. The van der Waals surface area contributed by atoms with Crippen LogP contribution in [0.3, 0.4) is 0 Å². The lowest BCUT2D eigenvalue weighted by atomic mass is 10.2. The largest absolute Gasteiger partial charge is 0.465 e. The van der Waals surface area contributed by atoms with Crippen LogP contribution in [-0.4, -0.2) is 29.3 Å². The maximum absolute atomic E-state index is 12.4. The van der Waals surface area contributed by atoms with Crippen LogP contribution in [0, 0.1) is 0 Å². The number of halogens is 1. The topological polar surface area (TPSA) is 85.8 Å². The SMILES string of the molecule is CCOC(=O)Cn1cc(C=NNC(=O)c2cc3cc(Cl)ccc3o2)c2ccccc21. The molecular formula is C22H18ClN3O4. The molecule has 0 atom stereocenters. The molecule has 152 valence electrons. The van der Waals surface area contributed by atoms with Gasteiger partial charge in [-0.05, 0) is 37.3 Å². The van der Waals surface area contributed by atoms with E-state index in [-0.39, 0.29) is 18.3 Å². The zero-order chi connectivity index (χ0) is 21.1. The molecule has 4 aromatic rings. The molecule has 2 aromatic carbocycles. The van der Waals surface area contributed by atoms with Crippen molar-refractivity contribution in [3.05, 3.63) is 71.1 Å². The predicted molar refractivity (Wildman–Crippen MR) is 115 cm³/mol. The third kappa shape index (κ3) is 4.06. The van der Waals surface area contributed by atoms with Crippen molar-refractivity contribution < 1.29 is 18.7 Å². The Kier molecular flexibility index (Phi) is 5.54. The molecule has 0 fully saturated rings. The smallest absolute Gasteiger partial charge is 0.325 e. The van der Waals surface area contributed by atoms with Crippen LogP contribution in [0.2, 0.25) is 5.02 Å². The second-order valence-electron chi connectivity index (χ2n) is 6.53. The molecule has 0 aliphatic carbocycles. The number of benzene rings is 2. The van der Waals surface area contributed by atoms with E-state index in [9.17, 15) is 9.59 Å². The molecule has 0 saturated carbocycles. The van der Waals surface area contributed by atoms with E-state index in [2.05, 4.69) is 10.5 Å². The van der Waals surface area contributed by atoms with E-state index in [1.807, 2.05) is 24.3 Å². The van der Waals surface area contributed by atoms with Crippen molar-refractivity contribution in [1.82, 2.24) is 9.99 Å². The highest BCUT2D eigenvalue weighted by atomic mass is 35.5. The number of ether oxygens (including phenoxy) is 1. The molecule has 0 saturated heterocycles. The number of aromatic nitrogens is 1. The van der Waals surface area contributed by atoms with E-state index < -0.39 is 5.91 Å². The first-order valence-electron chi connectivity index (χ1n) is 9.31. The number of nitrogens with one attached hydrogen (secondary N) is 1. The number of hydrazone groups is 1. The second-order valence-corrected chi connectivity index (χ2v) is 6.96. The van der Waals surface area contributed by atoms with Gasteiger partial charge in [0.25, 0.3) is 0 Å².